The fourth-order valence-electron chi connectivity index (χ4n) is 1.24. The van der Waals surface area contributed by atoms with E-state index < -0.39 is 0 Å². The van der Waals surface area contributed by atoms with E-state index in [2.05, 4.69) is 0 Å². The summed E-state index contributed by atoms with van der Waals surface area (Å²) < 4.78 is 0. The molecule has 0 saturated heterocycles. The Bertz CT molecular complexity index is 75.0. The van der Waals surface area contributed by atoms with Gasteiger partial charge in [0.2, 0.25) is 0 Å². The van der Waals surface area contributed by atoms with Crippen molar-refractivity contribution in [1.82, 2.24) is 0 Å². The van der Waals surface area contributed by atoms with Crippen LogP contribution in [0.15, 0.2) is 0 Å². The van der Waals surface area contributed by atoms with Crippen LogP contribution in [0.2, 0.25) is 0 Å². The second-order valence-corrected chi connectivity index (χ2v) is 3.28. The molecule has 0 heterocycles. The minimum absolute atomic E-state index is 0.0208. The summed E-state index contributed by atoms with van der Waals surface area (Å²) in [5, 5.41) is 9.25. The number of aliphatic hydroxyl groups is 1. The molecule has 1 aliphatic rings. The molecule has 0 amide bonds. The normalized spacial score (nSPS) is 38.0. The van der Waals surface area contributed by atoms with Crippen LogP contribution in [-0.2, 0) is 0 Å². The molecule has 1 aliphatic carbocycles. The molecule has 0 aromatic rings. The quantitative estimate of drug-likeness (QED) is 0.411. The summed E-state index contributed by atoms with van der Waals surface area (Å²) >= 11 is 5.82. The molecular formula is C7H13ClO. The van der Waals surface area contributed by atoms with Crippen LogP contribution in [-0.4, -0.2) is 16.6 Å². The maximum absolute atomic E-state index is 9.23. The van der Waals surface area contributed by atoms with Crippen molar-refractivity contribution in [2.75, 3.05) is 0 Å². The lowest BCUT2D eigenvalue weighted by Gasteiger charge is -2.11. The highest BCUT2D eigenvalue weighted by Crippen LogP contribution is 2.21. The van der Waals surface area contributed by atoms with Crippen molar-refractivity contribution in [2.24, 2.45) is 0 Å². The highest BCUT2D eigenvalue weighted by Gasteiger charge is 2.18. The summed E-state index contributed by atoms with van der Waals surface area (Å²) in [4.78, 5) is 0. The van der Waals surface area contributed by atoms with Gasteiger partial charge < -0.3 is 5.11 Å². The summed E-state index contributed by atoms with van der Waals surface area (Å²) in [5.74, 6) is 0. The first-order valence-electron chi connectivity index (χ1n) is 3.63. The van der Waals surface area contributed by atoms with Gasteiger partial charge in [0.1, 0.15) is 0 Å². The van der Waals surface area contributed by atoms with Gasteiger partial charge in [-0.25, -0.2) is 0 Å². The number of aliphatic hydroxyl groups excluding tert-OH is 1. The van der Waals surface area contributed by atoms with Gasteiger partial charge >= 0.3 is 0 Å². The predicted molar refractivity (Wildman–Crippen MR) is 38.7 cm³/mol. The van der Waals surface area contributed by atoms with Gasteiger partial charge in [-0.3, -0.25) is 0 Å². The van der Waals surface area contributed by atoms with Crippen LogP contribution in [0.3, 0.4) is 0 Å². The van der Waals surface area contributed by atoms with Crippen LogP contribution in [0.4, 0.5) is 0 Å². The van der Waals surface area contributed by atoms with E-state index in [-0.39, 0.29) is 11.5 Å². The zero-order valence-corrected chi connectivity index (χ0v) is 6.27. The lowest BCUT2D eigenvalue weighted by molar-refractivity contribution is 0.161. The van der Waals surface area contributed by atoms with Crippen LogP contribution in [0.5, 0.6) is 0 Å². The van der Waals surface area contributed by atoms with E-state index in [0.717, 1.165) is 19.3 Å². The Balaban J connectivity index is 2.32. The maximum atomic E-state index is 9.23. The molecule has 1 nitrogen and oxygen atoms in total. The number of alkyl halides is 1. The van der Waals surface area contributed by atoms with E-state index in [0.29, 0.717) is 0 Å². The highest BCUT2D eigenvalue weighted by atomic mass is 35.5. The van der Waals surface area contributed by atoms with Gasteiger partial charge in [-0.1, -0.05) is 19.3 Å². The van der Waals surface area contributed by atoms with Crippen LogP contribution in [0.25, 0.3) is 0 Å². The van der Waals surface area contributed by atoms with E-state index in [1.807, 2.05) is 0 Å². The first-order valence-corrected chi connectivity index (χ1v) is 4.06. The SMILES string of the molecule is O[C@H]1CCCCC[C@@H]1Cl. The Hall–Kier alpha value is 0.250. The average Bonchev–Trinajstić information content (AvgIpc) is 1.99. The third-order valence-corrected chi connectivity index (χ3v) is 2.41. The van der Waals surface area contributed by atoms with Crippen molar-refractivity contribution >= 4 is 11.6 Å². The van der Waals surface area contributed by atoms with Gasteiger partial charge in [0, 0.05) is 0 Å². The summed E-state index contributed by atoms with van der Waals surface area (Å²) in [7, 11) is 0. The molecule has 0 radical (unpaired) electrons. The van der Waals surface area contributed by atoms with Crippen molar-refractivity contribution in [3.8, 4) is 0 Å². The minimum Gasteiger partial charge on any atom is -0.392 e. The largest absolute Gasteiger partial charge is 0.392 e. The zero-order chi connectivity index (χ0) is 6.69. The van der Waals surface area contributed by atoms with Gasteiger partial charge in [0.25, 0.3) is 0 Å². The van der Waals surface area contributed by atoms with Crippen molar-refractivity contribution in [3.63, 3.8) is 0 Å². The van der Waals surface area contributed by atoms with Gasteiger partial charge in [-0.05, 0) is 12.8 Å². The van der Waals surface area contributed by atoms with Gasteiger partial charge in [0.15, 0.2) is 0 Å². The molecule has 9 heavy (non-hydrogen) atoms. The van der Waals surface area contributed by atoms with Gasteiger partial charge in [-0.2, -0.15) is 0 Å². The third-order valence-electron chi connectivity index (χ3n) is 1.90. The van der Waals surface area contributed by atoms with E-state index in [1.54, 1.807) is 0 Å². The molecule has 1 N–H and O–H groups in total. The number of halogens is 1. The summed E-state index contributed by atoms with van der Waals surface area (Å²) in [5.41, 5.74) is 0. The van der Waals surface area contributed by atoms with E-state index >= 15 is 0 Å². The van der Waals surface area contributed by atoms with E-state index in [1.165, 1.54) is 12.8 Å². The second-order valence-electron chi connectivity index (χ2n) is 2.72. The van der Waals surface area contributed by atoms with E-state index in [4.69, 9.17) is 11.6 Å². The first-order chi connectivity index (χ1) is 4.30. The molecule has 1 saturated carbocycles. The second kappa shape index (κ2) is 3.43. The smallest absolute Gasteiger partial charge is 0.0703 e. The predicted octanol–water partition coefficient (Wildman–Crippen LogP) is 1.92. The number of hydrogen-bond donors (Lipinski definition) is 1. The number of hydrogen-bond acceptors (Lipinski definition) is 1. The van der Waals surface area contributed by atoms with Gasteiger partial charge in [-0.15, -0.1) is 11.6 Å². The van der Waals surface area contributed by atoms with Crippen molar-refractivity contribution in [2.45, 2.75) is 43.6 Å². The lowest BCUT2D eigenvalue weighted by Crippen LogP contribution is -2.18. The molecule has 0 aromatic carbocycles. The van der Waals surface area contributed by atoms with Crippen LogP contribution < -0.4 is 0 Å². The Morgan fingerprint density at radius 2 is 1.78 bits per heavy atom. The van der Waals surface area contributed by atoms with Crippen molar-refractivity contribution < 1.29 is 5.11 Å². The molecule has 0 bridgehead atoms. The molecule has 0 unspecified atom stereocenters. The molecule has 1 fully saturated rings. The topological polar surface area (TPSA) is 20.2 Å². The fourth-order valence-corrected chi connectivity index (χ4v) is 1.52. The van der Waals surface area contributed by atoms with Crippen molar-refractivity contribution in [1.29, 1.82) is 0 Å². The fraction of sp³-hybridized carbons (Fsp3) is 1.00. The average molecular weight is 149 g/mol. The first kappa shape index (κ1) is 7.36. The Kier molecular flexibility index (Phi) is 2.80. The standard InChI is InChI=1S/C7H13ClO/c8-6-4-2-1-3-5-7(6)9/h6-7,9H,1-5H2/t6-,7-/m0/s1. The maximum Gasteiger partial charge on any atom is 0.0703 e. The zero-order valence-electron chi connectivity index (χ0n) is 5.52. The molecule has 54 valence electrons. The van der Waals surface area contributed by atoms with Gasteiger partial charge in [0.05, 0.1) is 11.5 Å². The van der Waals surface area contributed by atoms with Crippen LogP contribution in [0, 0.1) is 0 Å². The monoisotopic (exact) mass is 148 g/mol. The Morgan fingerprint density at radius 1 is 1.11 bits per heavy atom. The summed E-state index contributed by atoms with van der Waals surface area (Å²) in [6.07, 6.45) is 5.21. The minimum atomic E-state index is -0.242. The molecule has 0 spiro atoms. The third kappa shape index (κ3) is 2.15. The molecule has 0 aromatic heterocycles. The molecule has 0 aliphatic heterocycles. The lowest BCUT2D eigenvalue weighted by atomic mass is 10.1. The molecule has 2 heteroatoms. The van der Waals surface area contributed by atoms with Crippen molar-refractivity contribution in [3.05, 3.63) is 0 Å². The van der Waals surface area contributed by atoms with E-state index in [9.17, 15) is 5.11 Å². The molecule has 2 atom stereocenters. The number of rotatable bonds is 0. The summed E-state index contributed by atoms with van der Waals surface area (Å²) in [6, 6.07) is 0. The molecular weight excluding hydrogens is 136 g/mol. The summed E-state index contributed by atoms with van der Waals surface area (Å²) in [6.45, 7) is 0. The van der Waals surface area contributed by atoms with Crippen LogP contribution >= 0.6 is 11.6 Å². The Labute approximate surface area is 61.0 Å². The molecule has 1 rings (SSSR count). The van der Waals surface area contributed by atoms with Crippen LogP contribution in [0.1, 0.15) is 32.1 Å². The highest BCUT2D eigenvalue weighted by molar-refractivity contribution is 6.21. The Morgan fingerprint density at radius 3 is 2.56 bits per heavy atom.